The Morgan fingerprint density at radius 3 is 1.61 bits per heavy atom. The van der Waals surface area contributed by atoms with Crippen LogP contribution >= 0.6 is 0 Å². The SMILES string of the molecule is CCC(C)(C)[Si](C)(C)OC(C)[Si](C)(C)C(C)(C)C. The minimum Gasteiger partial charge on any atom is -0.417 e. The van der Waals surface area contributed by atoms with E-state index >= 15 is 0 Å². The average Bonchev–Trinajstić information content (AvgIpc) is 2.14. The van der Waals surface area contributed by atoms with Gasteiger partial charge in [0.1, 0.15) is 0 Å². The fourth-order valence-electron chi connectivity index (χ4n) is 1.78. The topological polar surface area (TPSA) is 9.23 Å². The molecule has 0 fully saturated rings. The first-order chi connectivity index (χ1) is 7.69. The van der Waals surface area contributed by atoms with Crippen molar-refractivity contribution in [2.45, 2.75) is 96.9 Å². The van der Waals surface area contributed by atoms with Gasteiger partial charge in [-0.3, -0.25) is 0 Å². The van der Waals surface area contributed by atoms with Crippen LogP contribution in [0.15, 0.2) is 0 Å². The van der Waals surface area contributed by atoms with E-state index < -0.39 is 16.4 Å². The van der Waals surface area contributed by atoms with Crippen molar-refractivity contribution in [3.63, 3.8) is 0 Å². The van der Waals surface area contributed by atoms with Crippen LogP contribution < -0.4 is 0 Å². The Labute approximate surface area is 118 Å². The summed E-state index contributed by atoms with van der Waals surface area (Å²) < 4.78 is 6.69. The minimum absolute atomic E-state index is 0.351. The van der Waals surface area contributed by atoms with Crippen LogP contribution in [0.25, 0.3) is 0 Å². The van der Waals surface area contributed by atoms with Crippen molar-refractivity contribution < 1.29 is 4.43 Å². The first kappa shape index (κ1) is 18.4. The maximum atomic E-state index is 6.69. The molecular formula is C15H36OSi2. The molecule has 0 saturated heterocycles. The molecule has 0 aliphatic rings. The van der Waals surface area contributed by atoms with E-state index in [1.165, 1.54) is 6.42 Å². The summed E-state index contributed by atoms with van der Waals surface area (Å²) in [6.07, 6.45) is 1.20. The lowest BCUT2D eigenvalue weighted by molar-refractivity contribution is 0.251. The third-order valence-corrected chi connectivity index (χ3v) is 16.7. The maximum absolute atomic E-state index is 6.69. The van der Waals surface area contributed by atoms with Crippen LogP contribution in [0, 0.1) is 0 Å². The van der Waals surface area contributed by atoms with Gasteiger partial charge in [0.2, 0.25) is 0 Å². The molecular weight excluding hydrogens is 252 g/mol. The molecule has 0 aromatic carbocycles. The van der Waals surface area contributed by atoms with Gasteiger partial charge in [0, 0.05) is 5.73 Å². The van der Waals surface area contributed by atoms with Crippen LogP contribution in [-0.2, 0) is 4.43 Å². The zero-order valence-corrected chi connectivity index (χ0v) is 16.7. The third-order valence-electron chi connectivity index (χ3n) is 5.93. The zero-order valence-electron chi connectivity index (χ0n) is 14.7. The standard InChI is InChI=1S/C15H36OSi2/c1-12-15(6,7)18(10,11)16-13(2)17(8,9)14(3,4)5/h13H,12H2,1-11H3. The fourth-order valence-corrected chi connectivity index (χ4v) is 7.12. The van der Waals surface area contributed by atoms with Crippen molar-refractivity contribution in [1.82, 2.24) is 0 Å². The van der Waals surface area contributed by atoms with Crippen LogP contribution in [0.4, 0.5) is 0 Å². The maximum Gasteiger partial charge on any atom is 0.192 e. The van der Waals surface area contributed by atoms with Gasteiger partial charge in [-0.05, 0) is 30.1 Å². The van der Waals surface area contributed by atoms with E-state index in [2.05, 4.69) is 74.7 Å². The number of rotatable bonds is 5. The summed E-state index contributed by atoms with van der Waals surface area (Å²) in [4.78, 5) is 0. The van der Waals surface area contributed by atoms with E-state index in [1.807, 2.05) is 0 Å². The van der Waals surface area contributed by atoms with Crippen LogP contribution in [-0.4, -0.2) is 22.1 Å². The fraction of sp³-hybridized carbons (Fsp3) is 1.00. The normalized spacial score (nSPS) is 16.8. The molecule has 0 saturated carbocycles. The molecule has 18 heavy (non-hydrogen) atoms. The minimum atomic E-state index is -1.65. The highest BCUT2D eigenvalue weighted by atomic mass is 28.4. The van der Waals surface area contributed by atoms with Gasteiger partial charge in [-0.15, -0.1) is 0 Å². The molecule has 0 aliphatic heterocycles. The lowest BCUT2D eigenvalue weighted by atomic mass is 10.1. The molecule has 0 rings (SSSR count). The van der Waals surface area contributed by atoms with E-state index in [4.69, 9.17) is 4.43 Å². The number of hydrogen-bond acceptors (Lipinski definition) is 1. The van der Waals surface area contributed by atoms with E-state index in [9.17, 15) is 0 Å². The highest BCUT2D eigenvalue weighted by Gasteiger charge is 2.46. The summed E-state index contributed by atoms with van der Waals surface area (Å²) >= 11 is 0. The van der Waals surface area contributed by atoms with E-state index in [0.29, 0.717) is 15.8 Å². The Bertz CT molecular complexity index is 275. The summed E-state index contributed by atoms with van der Waals surface area (Å²) in [6, 6.07) is 0. The van der Waals surface area contributed by atoms with Crippen LogP contribution in [0.2, 0.25) is 36.3 Å². The molecule has 1 nitrogen and oxygen atoms in total. The van der Waals surface area contributed by atoms with Gasteiger partial charge in [-0.2, -0.15) is 0 Å². The Hall–Kier alpha value is 0.394. The van der Waals surface area contributed by atoms with E-state index in [0.717, 1.165) is 0 Å². The van der Waals surface area contributed by atoms with Gasteiger partial charge in [-0.25, -0.2) is 0 Å². The Morgan fingerprint density at radius 1 is 0.944 bits per heavy atom. The lowest BCUT2D eigenvalue weighted by Gasteiger charge is -2.47. The molecule has 0 aliphatic carbocycles. The molecule has 0 heterocycles. The molecule has 0 aromatic heterocycles. The predicted molar refractivity (Wildman–Crippen MR) is 89.6 cm³/mol. The van der Waals surface area contributed by atoms with Crippen molar-refractivity contribution in [2.75, 3.05) is 0 Å². The van der Waals surface area contributed by atoms with Gasteiger partial charge in [-0.1, -0.05) is 61.1 Å². The highest BCUT2D eigenvalue weighted by molar-refractivity contribution is 6.83. The molecule has 0 aromatic rings. The van der Waals surface area contributed by atoms with Crippen molar-refractivity contribution in [1.29, 1.82) is 0 Å². The Kier molecular flexibility index (Phi) is 5.53. The van der Waals surface area contributed by atoms with Crippen molar-refractivity contribution in [3.8, 4) is 0 Å². The second-order valence-electron chi connectivity index (χ2n) is 8.48. The van der Waals surface area contributed by atoms with Crippen LogP contribution in [0.3, 0.4) is 0 Å². The first-order valence-electron chi connectivity index (χ1n) is 7.37. The monoisotopic (exact) mass is 288 g/mol. The van der Waals surface area contributed by atoms with E-state index in [1.54, 1.807) is 0 Å². The summed E-state index contributed by atoms with van der Waals surface area (Å²) in [5, 5.41) is 0.747. The third kappa shape index (κ3) is 3.70. The van der Waals surface area contributed by atoms with Gasteiger partial charge in [0.25, 0.3) is 0 Å². The van der Waals surface area contributed by atoms with Crippen LogP contribution in [0.5, 0.6) is 0 Å². The summed E-state index contributed by atoms with van der Waals surface area (Å²) in [5.74, 6) is 0. The summed E-state index contributed by atoms with van der Waals surface area (Å²) in [7, 11) is -3.05. The van der Waals surface area contributed by atoms with Gasteiger partial charge in [0.15, 0.2) is 8.32 Å². The van der Waals surface area contributed by atoms with Crippen molar-refractivity contribution in [2.24, 2.45) is 0 Å². The molecule has 0 N–H and O–H groups in total. The molecule has 0 spiro atoms. The Balaban J connectivity index is 5.03. The average molecular weight is 289 g/mol. The van der Waals surface area contributed by atoms with Gasteiger partial charge in [0.05, 0.1) is 8.07 Å². The molecule has 110 valence electrons. The zero-order chi connectivity index (χ0) is 15.0. The summed E-state index contributed by atoms with van der Waals surface area (Å²) in [5.41, 5.74) is 0.435. The van der Waals surface area contributed by atoms with E-state index in [-0.39, 0.29) is 0 Å². The largest absolute Gasteiger partial charge is 0.417 e. The molecule has 0 amide bonds. The summed E-state index contributed by atoms with van der Waals surface area (Å²) in [6.45, 7) is 26.2. The highest BCUT2D eigenvalue weighted by Crippen LogP contribution is 2.45. The molecule has 0 bridgehead atoms. The Morgan fingerprint density at radius 2 is 1.33 bits per heavy atom. The molecule has 1 unspecified atom stereocenters. The molecule has 3 heteroatoms. The smallest absolute Gasteiger partial charge is 0.192 e. The second-order valence-corrected chi connectivity index (χ2v) is 18.8. The quantitative estimate of drug-likeness (QED) is 0.578. The van der Waals surface area contributed by atoms with Crippen molar-refractivity contribution in [3.05, 3.63) is 0 Å². The second kappa shape index (κ2) is 5.41. The van der Waals surface area contributed by atoms with Crippen molar-refractivity contribution >= 4 is 16.4 Å². The molecule has 1 atom stereocenters. The van der Waals surface area contributed by atoms with Gasteiger partial charge < -0.3 is 4.43 Å². The lowest BCUT2D eigenvalue weighted by Crippen LogP contribution is -2.55. The van der Waals surface area contributed by atoms with Gasteiger partial charge >= 0.3 is 0 Å². The predicted octanol–water partition coefficient (Wildman–Crippen LogP) is 5.83. The first-order valence-corrected chi connectivity index (χ1v) is 13.4. The number of hydrogen-bond donors (Lipinski definition) is 0. The van der Waals surface area contributed by atoms with Crippen LogP contribution in [0.1, 0.15) is 54.9 Å². The molecule has 0 radical (unpaired) electrons.